The van der Waals surface area contributed by atoms with E-state index in [1.165, 1.54) is 0 Å². The average Bonchev–Trinajstić information content (AvgIpc) is 1.98. The number of hydrogen-bond donors (Lipinski definition) is 3. The summed E-state index contributed by atoms with van der Waals surface area (Å²) in [6.45, 7) is 4.65. The molecule has 0 aromatic heterocycles. The second-order valence-electron chi connectivity index (χ2n) is 3.83. The number of carbonyl (C=O) groups is 1. The first-order chi connectivity index (χ1) is 5.99. The fourth-order valence-electron chi connectivity index (χ4n) is 1.82. The number of nitrogens with one attached hydrogen (secondary N) is 1. The first-order valence-corrected chi connectivity index (χ1v) is 4.68. The molecule has 1 aliphatic carbocycles. The Hall–Kier alpha value is -0.610. The number of rotatable bonds is 4. The molecule has 1 aliphatic rings. The van der Waals surface area contributed by atoms with Gasteiger partial charge in [0.15, 0.2) is 0 Å². The third-order valence-corrected chi connectivity index (χ3v) is 2.87. The summed E-state index contributed by atoms with van der Waals surface area (Å²) in [4.78, 5) is 10.5. The van der Waals surface area contributed by atoms with Gasteiger partial charge in [0.1, 0.15) is 0 Å². The molecule has 4 heteroatoms. The van der Waals surface area contributed by atoms with Crippen molar-refractivity contribution >= 4 is 5.97 Å². The van der Waals surface area contributed by atoms with Crippen LogP contribution in [0.2, 0.25) is 0 Å². The maximum atomic E-state index is 10.5. The van der Waals surface area contributed by atoms with Crippen LogP contribution in [-0.2, 0) is 4.79 Å². The zero-order valence-corrected chi connectivity index (χ0v) is 8.08. The molecule has 4 nitrogen and oxygen atoms in total. The molecule has 0 aliphatic heterocycles. The van der Waals surface area contributed by atoms with Crippen LogP contribution in [0.15, 0.2) is 0 Å². The normalized spacial score (nSPS) is 35.2. The minimum absolute atomic E-state index is 0.0203. The van der Waals surface area contributed by atoms with Crippen molar-refractivity contribution in [1.82, 2.24) is 5.32 Å². The van der Waals surface area contributed by atoms with Gasteiger partial charge < -0.3 is 15.5 Å². The number of aliphatic carboxylic acids is 1. The molecule has 0 radical (unpaired) electrons. The standard InChI is InChI=1S/C9H17NO3/c1-3-10-6(2)9(13)4-7(5-9)8(11)12/h6-7,10,13H,3-5H2,1-2H3,(H,11,12). The molecule has 0 bridgehead atoms. The maximum absolute atomic E-state index is 10.5. The number of carboxylic acid groups (broad SMARTS) is 1. The highest BCUT2D eigenvalue weighted by molar-refractivity contribution is 5.71. The molecule has 1 fully saturated rings. The molecule has 13 heavy (non-hydrogen) atoms. The van der Waals surface area contributed by atoms with Crippen molar-refractivity contribution in [2.24, 2.45) is 5.92 Å². The molecule has 1 atom stereocenters. The molecular formula is C9H17NO3. The van der Waals surface area contributed by atoms with Crippen molar-refractivity contribution in [2.75, 3.05) is 6.54 Å². The molecule has 1 rings (SSSR count). The third-order valence-electron chi connectivity index (χ3n) is 2.87. The van der Waals surface area contributed by atoms with Gasteiger partial charge in [-0.3, -0.25) is 4.79 Å². The van der Waals surface area contributed by atoms with Crippen LogP contribution in [-0.4, -0.2) is 34.4 Å². The molecule has 0 aromatic carbocycles. The molecule has 1 unspecified atom stereocenters. The SMILES string of the molecule is CCNC(C)C1(O)CC(C(=O)O)C1. The fraction of sp³-hybridized carbons (Fsp3) is 0.889. The predicted octanol–water partition coefficient (Wildman–Crippen LogP) is 0.210. The number of likely N-dealkylation sites (N-methyl/N-ethyl adjacent to an activating group) is 1. The molecule has 0 aromatic rings. The lowest BCUT2D eigenvalue weighted by atomic mass is 9.67. The topological polar surface area (TPSA) is 69.6 Å². The highest BCUT2D eigenvalue weighted by Gasteiger charge is 2.49. The minimum atomic E-state index is -0.806. The second-order valence-corrected chi connectivity index (χ2v) is 3.83. The van der Waals surface area contributed by atoms with Gasteiger partial charge in [-0.25, -0.2) is 0 Å². The summed E-state index contributed by atoms with van der Waals surface area (Å²) >= 11 is 0. The van der Waals surface area contributed by atoms with Gasteiger partial charge in [-0.05, 0) is 26.3 Å². The van der Waals surface area contributed by atoms with Crippen LogP contribution in [0.3, 0.4) is 0 Å². The summed E-state index contributed by atoms with van der Waals surface area (Å²) in [5, 5.41) is 21.7. The Balaban J connectivity index is 2.41. The van der Waals surface area contributed by atoms with Crippen LogP contribution in [0.5, 0.6) is 0 Å². The Labute approximate surface area is 78.0 Å². The van der Waals surface area contributed by atoms with E-state index in [0.717, 1.165) is 6.54 Å². The average molecular weight is 187 g/mol. The van der Waals surface area contributed by atoms with Crippen LogP contribution < -0.4 is 5.32 Å². The highest BCUT2D eigenvalue weighted by Crippen LogP contribution is 2.40. The lowest BCUT2D eigenvalue weighted by Crippen LogP contribution is -2.58. The number of hydrogen-bond acceptors (Lipinski definition) is 3. The lowest BCUT2D eigenvalue weighted by Gasteiger charge is -2.45. The van der Waals surface area contributed by atoms with Crippen molar-refractivity contribution in [3.8, 4) is 0 Å². The van der Waals surface area contributed by atoms with E-state index in [2.05, 4.69) is 5.32 Å². The van der Waals surface area contributed by atoms with Gasteiger partial charge in [0.05, 0.1) is 11.5 Å². The van der Waals surface area contributed by atoms with Gasteiger partial charge >= 0.3 is 5.97 Å². The van der Waals surface area contributed by atoms with E-state index in [1.807, 2.05) is 13.8 Å². The molecular weight excluding hydrogens is 170 g/mol. The zero-order chi connectivity index (χ0) is 10.1. The van der Waals surface area contributed by atoms with Crippen LogP contribution in [0, 0.1) is 5.92 Å². The summed E-state index contributed by atoms with van der Waals surface area (Å²) in [5.41, 5.74) is -0.806. The van der Waals surface area contributed by atoms with E-state index in [1.54, 1.807) is 0 Å². The van der Waals surface area contributed by atoms with E-state index >= 15 is 0 Å². The molecule has 0 saturated heterocycles. The Bertz CT molecular complexity index is 199. The van der Waals surface area contributed by atoms with Crippen molar-refractivity contribution in [3.63, 3.8) is 0 Å². The van der Waals surface area contributed by atoms with Crippen LogP contribution in [0.25, 0.3) is 0 Å². The summed E-state index contributed by atoms with van der Waals surface area (Å²) in [7, 11) is 0. The number of carboxylic acids is 1. The Morgan fingerprint density at radius 2 is 2.23 bits per heavy atom. The largest absolute Gasteiger partial charge is 0.481 e. The smallest absolute Gasteiger partial charge is 0.306 e. The highest BCUT2D eigenvalue weighted by atomic mass is 16.4. The monoisotopic (exact) mass is 187 g/mol. The van der Waals surface area contributed by atoms with E-state index in [0.29, 0.717) is 12.8 Å². The van der Waals surface area contributed by atoms with Crippen molar-refractivity contribution < 1.29 is 15.0 Å². The van der Waals surface area contributed by atoms with Gasteiger partial charge in [-0.1, -0.05) is 6.92 Å². The van der Waals surface area contributed by atoms with Crippen LogP contribution in [0.1, 0.15) is 26.7 Å². The molecule has 0 heterocycles. The Morgan fingerprint density at radius 3 is 2.62 bits per heavy atom. The summed E-state index contributed by atoms with van der Waals surface area (Å²) < 4.78 is 0. The van der Waals surface area contributed by atoms with Crippen molar-refractivity contribution in [3.05, 3.63) is 0 Å². The van der Waals surface area contributed by atoms with E-state index in [9.17, 15) is 9.90 Å². The van der Waals surface area contributed by atoms with E-state index < -0.39 is 11.6 Å². The molecule has 1 saturated carbocycles. The third kappa shape index (κ3) is 2.00. The van der Waals surface area contributed by atoms with Gasteiger partial charge in [0.25, 0.3) is 0 Å². The van der Waals surface area contributed by atoms with Gasteiger partial charge in [0.2, 0.25) is 0 Å². The zero-order valence-electron chi connectivity index (χ0n) is 8.08. The van der Waals surface area contributed by atoms with E-state index in [-0.39, 0.29) is 12.0 Å². The maximum Gasteiger partial charge on any atom is 0.306 e. The minimum Gasteiger partial charge on any atom is -0.481 e. The molecule has 76 valence electrons. The molecule has 0 spiro atoms. The Kier molecular flexibility index (Phi) is 2.93. The fourth-order valence-corrected chi connectivity index (χ4v) is 1.82. The summed E-state index contributed by atoms with van der Waals surface area (Å²) in [5.74, 6) is -1.15. The Morgan fingerprint density at radius 1 is 1.69 bits per heavy atom. The van der Waals surface area contributed by atoms with E-state index in [4.69, 9.17) is 5.11 Å². The molecule has 0 amide bonds. The first kappa shape index (κ1) is 10.5. The summed E-state index contributed by atoms with van der Waals surface area (Å²) in [6.07, 6.45) is 0.743. The quantitative estimate of drug-likeness (QED) is 0.588. The van der Waals surface area contributed by atoms with Gasteiger partial charge in [0, 0.05) is 6.04 Å². The van der Waals surface area contributed by atoms with Crippen molar-refractivity contribution in [2.45, 2.75) is 38.3 Å². The first-order valence-electron chi connectivity index (χ1n) is 4.68. The lowest BCUT2D eigenvalue weighted by molar-refractivity contribution is -0.161. The predicted molar refractivity (Wildman–Crippen MR) is 48.4 cm³/mol. The van der Waals surface area contributed by atoms with Gasteiger partial charge in [-0.15, -0.1) is 0 Å². The summed E-state index contributed by atoms with van der Waals surface area (Å²) in [6, 6.07) is -0.0203. The molecule has 3 N–H and O–H groups in total. The van der Waals surface area contributed by atoms with Gasteiger partial charge in [-0.2, -0.15) is 0 Å². The second kappa shape index (κ2) is 3.64. The van der Waals surface area contributed by atoms with Crippen LogP contribution >= 0.6 is 0 Å². The van der Waals surface area contributed by atoms with Crippen LogP contribution in [0.4, 0.5) is 0 Å². The van der Waals surface area contributed by atoms with Crippen molar-refractivity contribution in [1.29, 1.82) is 0 Å². The number of aliphatic hydroxyl groups is 1.